The van der Waals surface area contributed by atoms with Crippen molar-refractivity contribution in [2.24, 2.45) is 0 Å². The van der Waals surface area contributed by atoms with E-state index in [0.29, 0.717) is 48.7 Å². The van der Waals surface area contributed by atoms with Gasteiger partial charge in [-0.25, -0.2) is 4.79 Å². The number of amides is 1. The highest BCUT2D eigenvalue weighted by molar-refractivity contribution is 6.31. The summed E-state index contributed by atoms with van der Waals surface area (Å²) >= 11 is 5.92. The number of hydrogen-bond donors (Lipinski definition) is 0. The largest absolute Gasteiger partial charge is 0.486 e. The molecule has 5 nitrogen and oxygen atoms in total. The molecule has 1 spiro atoms. The van der Waals surface area contributed by atoms with Gasteiger partial charge in [0.05, 0.1) is 19.1 Å². The molecule has 21 heavy (non-hydrogen) atoms. The molecule has 0 saturated carbocycles. The van der Waals surface area contributed by atoms with Crippen LogP contribution in [0.5, 0.6) is 5.75 Å². The predicted molar refractivity (Wildman–Crippen MR) is 77.0 cm³/mol. The number of ketones is 1. The summed E-state index contributed by atoms with van der Waals surface area (Å²) in [5.41, 5.74) is 0.0335. The number of ether oxygens (including phenoxy) is 2. The molecule has 1 aromatic rings. The van der Waals surface area contributed by atoms with E-state index in [-0.39, 0.29) is 11.9 Å². The molecule has 0 radical (unpaired) electrons. The van der Waals surface area contributed by atoms with E-state index in [2.05, 4.69) is 0 Å². The number of nitrogens with zero attached hydrogens (tertiary/aromatic N) is 1. The van der Waals surface area contributed by atoms with Crippen molar-refractivity contribution in [1.82, 2.24) is 4.90 Å². The van der Waals surface area contributed by atoms with E-state index in [1.54, 1.807) is 23.1 Å². The monoisotopic (exact) mass is 309 g/mol. The van der Waals surface area contributed by atoms with Crippen LogP contribution in [0.2, 0.25) is 5.02 Å². The number of halogens is 1. The van der Waals surface area contributed by atoms with Gasteiger partial charge in [-0.3, -0.25) is 4.79 Å². The lowest BCUT2D eigenvalue weighted by molar-refractivity contribution is -0.00706. The van der Waals surface area contributed by atoms with Gasteiger partial charge < -0.3 is 14.4 Å². The first-order chi connectivity index (χ1) is 10.0. The number of carbonyl (C=O) groups is 2. The number of likely N-dealkylation sites (tertiary alicyclic amines) is 1. The third-order valence-electron chi connectivity index (χ3n) is 4.16. The zero-order valence-electron chi connectivity index (χ0n) is 11.7. The molecule has 0 N–H and O–H groups in total. The minimum absolute atomic E-state index is 0.0465. The lowest BCUT2D eigenvalue weighted by Gasteiger charge is -2.43. The van der Waals surface area contributed by atoms with Gasteiger partial charge >= 0.3 is 6.09 Å². The molecule has 2 heterocycles. The zero-order chi connectivity index (χ0) is 15.0. The van der Waals surface area contributed by atoms with E-state index in [4.69, 9.17) is 21.1 Å². The van der Waals surface area contributed by atoms with Crippen molar-refractivity contribution in [1.29, 1.82) is 0 Å². The smallest absolute Gasteiger partial charge is 0.409 e. The number of piperidine rings is 1. The van der Waals surface area contributed by atoms with Crippen LogP contribution in [0.1, 0.15) is 29.6 Å². The summed E-state index contributed by atoms with van der Waals surface area (Å²) < 4.78 is 10.8. The quantitative estimate of drug-likeness (QED) is 0.739. The van der Waals surface area contributed by atoms with Gasteiger partial charge in [-0.2, -0.15) is 0 Å². The molecule has 6 heteroatoms. The predicted octanol–water partition coefficient (Wildman–Crippen LogP) is 2.91. The lowest BCUT2D eigenvalue weighted by Crippen LogP contribution is -2.52. The topological polar surface area (TPSA) is 55.8 Å². The Kier molecular flexibility index (Phi) is 3.53. The zero-order valence-corrected chi connectivity index (χ0v) is 12.5. The van der Waals surface area contributed by atoms with Crippen LogP contribution in [0.25, 0.3) is 0 Å². The van der Waals surface area contributed by atoms with Crippen LogP contribution >= 0.6 is 11.6 Å². The number of methoxy groups -OCH3 is 1. The SMILES string of the molecule is COC(=O)N1CCC2(CC1)CC(=O)c1cc(Cl)ccc1O2. The molecule has 1 aromatic carbocycles. The van der Waals surface area contributed by atoms with E-state index in [1.165, 1.54) is 7.11 Å². The van der Waals surface area contributed by atoms with Crippen molar-refractivity contribution in [2.75, 3.05) is 20.2 Å². The van der Waals surface area contributed by atoms with Crippen LogP contribution in [0.4, 0.5) is 4.79 Å². The van der Waals surface area contributed by atoms with Crippen molar-refractivity contribution in [3.8, 4) is 5.75 Å². The number of rotatable bonds is 0. The Morgan fingerprint density at radius 3 is 2.76 bits per heavy atom. The van der Waals surface area contributed by atoms with Crippen molar-refractivity contribution in [3.05, 3.63) is 28.8 Å². The maximum Gasteiger partial charge on any atom is 0.409 e. The number of Topliss-reactive ketones (excluding diaryl/α,β-unsaturated/α-hetero) is 1. The molecule has 1 amide bonds. The normalized spacial score (nSPS) is 19.9. The van der Waals surface area contributed by atoms with Crippen LogP contribution in [0.15, 0.2) is 18.2 Å². The van der Waals surface area contributed by atoms with Gasteiger partial charge in [0, 0.05) is 31.0 Å². The van der Waals surface area contributed by atoms with E-state index >= 15 is 0 Å². The Morgan fingerprint density at radius 1 is 1.38 bits per heavy atom. The number of benzene rings is 1. The number of hydrogen-bond acceptors (Lipinski definition) is 4. The first-order valence-corrected chi connectivity index (χ1v) is 7.25. The summed E-state index contributed by atoms with van der Waals surface area (Å²) in [4.78, 5) is 25.5. The molecule has 2 aliphatic heterocycles. The van der Waals surface area contributed by atoms with Crippen LogP contribution in [0, 0.1) is 0 Å². The fraction of sp³-hybridized carbons (Fsp3) is 0.467. The van der Waals surface area contributed by atoms with Crippen molar-refractivity contribution in [2.45, 2.75) is 24.9 Å². The Hall–Kier alpha value is -1.75. The summed E-state index contributed by atoms with van der Waals surface area (Å²) in [6.07, 6.45) is 1.24. The van der Waals surface area contributed by atoms with Crippen molar-refractivity contribution < 1.29 is 19.1 Å². The molecule has 0 atom stereocenters. The van der Waals surface area contributed by atoms with Gasteiger partial charge in [0.25, 0.3) is 0 Å². The highest BCUT2D eigenvalue weighted by atomic mass is 35.5. The molecule has 1 saturated heterocycles. The van der Waals surface area contributed by atoms with Crippen molar-refractivity contribution >= 4 is 23.5 Å². The maximum atomic E-state index is 12.3. The Morgan fingerprint density at radius 2 is 2.10 bits per heavy atom. The van der Waals surface area contributed by atoms with E-state index in [1.807, 2.05) is 0 Å². The first-order valence-electron chi connectivity index (χ1n) is 6.88. The third kappa shape index (κ3) is 2.58. The standard InChI is InChI=1S/C15H16ClNO4/c1-20-14(19)17-6-4-15(5-7-17)9-12(18)11-8-10(16)2-3-13(11)21-15/h2-3,8H,4-7,9H2,1H3. The van der Waals surface area contributed by atoms with E-state index < -0.39 is 5.60 Å². The Labute approximate surface area is 127 Å². The molecular weight excluding hydrogens is 294 g/mol. The van der Waals surface area contributed by atoms with E-state index in [9.17, 15) is 9.59 Å². The summed E-state index contributed by atoms with van der Waals surface area (Å²) in [7, 11) is 1.37. The maximum absolute atomic E-state index is 12.3. The van der Waals surface area contributed by atoms with Gasteiger partial charge in [-0.05, 0) is 18.2 Å². The highest BCUT2D eigenvalue weighted by Gasteiger charge is 2.43. The summed E-state index contributed by atoms with van der Waals surface area (Å²) in [5, 5.41) is 0.530. The highest BCUT2D eigenvalue weighted by Crippen LogP contribution is 2.40. The molecule has 1 fully saturated rings. The molecule has 0 aliphatic carbocycles. The lowest BCUT2D eigenvalue weighted by atomic mass is 9.82. The first kappa shape index (κ1) is 14.2. The summed E-state index contributed by atoms with van der Waals surface area (Å²) in [5.74, 6) is 0.632. The second-order valence-corrected chi connectivity index (χ2v) is 5.92. The van der Waals surface area contributed by atoms with Gasteiger partial charge in [-0.1, -0.05) is 11.6 Å². The second kappa shape index (κ2) is 5.22. The van der Waals surface area contributed by atoms with Gasteiger partial charge in [-0.15, -0.1) is 0 Å². The molecule has 0 bridgehead atoms. The molecule has 3 rings (SSSR count). The van der Waals surface area contributed by atoms with Crippen LogP contribution in [-0.2, 0) is 4.74 Å². The minimum atomic E-state index is -0.511. The second-order valence-electron chi connectivity index (χ2n) is 5.48. The Balaban J connectivity index is 1.79. The molecule has 0 aromatic heterocycles. The minimum Gasteiger partial charge on any atom is -0.486 e. The third-order valence-corrected chi connectivity index (χ3v) is 4.39. The average molecular weight is 310 g/mol. The summed E-state index contributed by atoms with van der Waals surface area (Å²) in [6, 6.07) is 5.11. The van der Waals surface area contributed by atoms with Crippen molar-refractivity contribution in [3.63, 3.8) is 0 Å². The fourth-order valence-corrected chi connectivity index (χ4v) is 3.14. The fourth-order valence-electron chi connectivity index (χ4n) is 2.97. The molecule has 112 valence electrons. The molecule has 2 aliphatic rings. The molecular formula is C15H16ClNO4. The van der Waals surface area contributed by atoms with E-state index in [0.717, 1.165) is 0 Å². The molecule has 0 unspecified atom stereocenters. The Bertz CT molecular complexity index is 593. The average Bonchev–Trinajstić information content (AvgIpc) is 2.48. The van der Waals surface area contributed by atoms with Crippen LogP contribution in [-0.4, -0.2) is 42.6 Å². The van der Waals surface area contributed by atoms with Crippen LogP contribution < -0.4 is 4.74 Å². The van der Waals surface area contributed by atoms with Crippen LogP contribution in [0.3, 0.4) is 0 Å². The van der Waals surface area contributed by atoms with Gasteiger partial charge in [0.1, 0.15) is 11.4 Å². The van der Waals surface area contributed by atoms with Gasteiger partial charge in [0.2, 0.25) is 0 Å². The number of fused-ring (bicyclic) bond motifs is 1. The number of carbonyl (C=O) groups excluding carboxylic acids is 2. The van der Waals surface area contributed by atoms with Gasteiger partial charge in [0.15, 0.2) is 5.78 Å². The summed E-state index contributed by atoms with van der Waals surface area (Å²) in [6.45, 7) is 1.06.